The van der Waals surface area contributed by atoms with E-state index in [4.69, 9.17) is 25.8 Å². The molecule has 0 saturated heterocycles. The molecular formula is C18H23N3O7. The highest BCUT2D eigenvalue weighted by atomic mass is 16.4. The van der Waals surface area contributed by atoms with Gasteiger partial charge in [0.25, 0.3) is 5.97 Å². The van der Waals surface area contributed by atoms with Crippen LogP contribution in [0.4, 0.5) is 0 Å². The summed E-state index contributed by atoms with van der Waals surface area (Å²) in [5.74, 6) is -3.87. The third kappa shape index (κ3) is 7.46. The van der Waals surface area contributed by atoms with Crippen molar-refractivity contribution in [1.82, 2.24) is 10.3 Å². The van der Waals surface area contributed by atoms with Crippen LogP contribution in [0, 0.1) is 0 Å². The zero-order valence-corrected chi connectivity index (χ0v) is 15.2. The fourth-order valence-electron chi connectivity index (χ4n) is 2.43. The number of rotatable bonds is 8. The Morgan fingerprint density at radius 3 is 2.32 bits per heavy atom. The van der Waals surface area contributed by atoms with Gasteiger partial charge in [-0.3, -0.25) is 14.4 Å². The molecule has 2 unspecified atom stereocenters. The van der Waals surface area contributed by atoms with Crippen LogP contribution >= 0.6 is 0 Å². The van der Waals surface area contributed by atoms with Crippen LogP contribution in [0.3, 0.4) is 0 Å². The maximum atomic E-state index is 12.1. The number of aromatic amines is 1. The largest absolute Gasteiger partial charge is 0.481 e. The lowest BCUT2D eigenvalue weighted by molar-refractivity contribution is -0.143. The lowest BCUT2D eigenvalue weighted by atomic mass is 10.0. The fourth-order valence-corrected chi connectivity index (χ4v) is 2.43. The Hall–Kier alpha value is -3.40. The second-order valence-corrected chi connectivity index (χ2v) is 6.02. The summed E-state index contributed by atoms with van der Waals surface area (Å²) >= 11 is 0. The molecule has 152 valence electrons. The van der Waals surface area contributed by atoms with Crippen LogP contribution in [0.25, 0.3) is 10.9 Å². The van der Waals surface area contributed by atoms with E-state index in [0.717, 1.165) is 23.4 Å². The zero-order chi connectivity index (χ0) is 21.3. The molecule has 0 spiro atoms. The standard InChI is InChI=1S/C16H19N3O5.C2H4O2/c17-11(7-9-8-18-12-4-2-1-3-10(9)12)15(22)19-13(16(23)24)5-6-14(20)21;1-2(3)4/h1-4,8,11,13,18H,5-7,17H2,(H,19,22)(H,20,21)(H,23,24);1H3,(H,3,4). The molecule has 2 aromatic rings. The number of carbonyl (C=O) groups excluding carboxylic acids is 1. The Labute approximate surface area is 160 Å². The minimum atomic E-state index is -1.29. The number of H-pyrrole nitrogens is 1. The average Bonchev–Trinajstić information content (AvgIpc) is 3.00. The number of nitrogens with one attached hydrogen (secondary N) is 2. The number of aromatic nitrogens is 1. The number of para-hydroxylation sites is 1. The molecule has 1 amide bonds. The summed E-state index contributed by atoms with van der Waals surface area (Å²) in [4.78, 5) is 45.8. The molecule has 1 aromatic heterocycles. The minimum absolute atomic E-state index is 0.198. The van der Waals surface area contributed by atoms with Crippen molar-refractivity contribution in [3.8, 4) is 0 Å². The first kappa shape index (κ1) is 22.6. The first-order chi connectivity index (χ1) is 13.1. The van der Waals surface area contributed by atoms with Gasteiger partial charge in [0, 0.05) is 30.4 Å². The second-order valence-electron chi connectivity index (χ2n) is 6.02. The normalized spacial score (nSPS) is 12.4. The van der Waals surface area contributed by atoms with Crippen molar-refractivity contribution < 1.29 is 34.5 Å². The van der Waals surface area contributed by atoms with Gasteiger partial charge in [-0.2, -0.15) is 0 Å². The van der Waals surface area contributed by atoms with Crippen LogP contribution in [0.2, 0.25) is 0 Å². The van der Waals surface area contributed by atoms with E-state index in [1.807, 2.05) is 24.3 Å². The molecule has 0 aliphatic rings. The van der Waals surface area contributed by atoms with Gasteiger partial charge in [-0.25, -0.2) is 4.79 Å². The molecular weight excluding hydrogens is 370 g/mol. The summed E-state index contributed by atoms with van der Waals surface area (Å²) in [6.45, 7) is 1.08. The summed E-state index contributed by atoms with van der Waals surface area (Å²) in [7, 11) is 0. The predicted molar refractivity (Wildman–Crippen MR) is 99.7 cm³/mol. The van der Waals surface area contributed by atoms with Crippen molar-refractivity contribution in [2.24, 2.45) is 5.73 Å². The summed E-state index contributed by atoms with van der Waals surface area (Å²) in [6, 6.07) is 5.35. The third-order valence-electron chi connectivity index (χ3n) is 3.71. The van der Waals surface area contributed by atoms with E-state index in [2.05, 4.69) is 10.3 Å². The van der Waals surface area contributed by atoms with Crippen molar-refractivity contribution >= 4 is 34.7 Å². The number of aliphatic carboxylic acids is 3. The summed E-state index contributed by atoms with van der Waals surface area (Å²) < 4.78 is 0. The molecule has 7 N–H and O–H groups in total. The fraction of sp³-hybridized carbons (Fsp3) is 0.333. The van der Waals surface area contributed by atoms with E-state index < -0.39 is 35.9 Å². The maximum Gasteiger partial charge on any atom is 0.326 e. The number of amides is 1. The van der Waals surface area contributed by atoms with Crippen molar-refractivity contribution in [3.05, 3.63) is 36.0 Å². The van der Waals surface area contributed by atoms with Crippen molar-refractivity contribution in [3.63, 3.8) is 0 Å². The van der Waals surface area contributed by atoms with Crippen molar-refractivity contribution in [2.45, 2.75) is 38.3 Å². The van der Waals surface area contributed by atoms with Crippen LogP contribution in [-0.4, -0.2) is 56.2 Å². The zero-order valence-electron chi connectivity index (χ0n) is 15.2. The van der Waals surface area contributed by atoms with Gasteiger partial charge in [-0.05, 0) is 24.5 Å². The Kier molecular flexibility index (Phi) is 8.63. The van der Waals surface area contributed by atoms with Crippen LogP contribution in [0.5, 0.6) is 0 Å². The SMILES string of the molecule is CC(=O)O.NC(Cc1c[nH]c2ccccc12)C(=O)NC(CCC(=O)O)C(=O)O. The molecule has 0 fully saturated rings. The molecule has 2 rings (SSSR count). The molecule has 0 saturated carbocycles. The summed E-state index contributed by atoms with van der Waals surface area (Å²) in [6.07, 6.45) is 1.45. The van der Waals surface area contributed by atoms with E-state index in [-0.39, 0.29) is 19.3 Å². The van der Waals surface area contributed by atoms with Crippen LogP contribution in [0.15, 0.2) is 30.5 Å². The number of nitrogens with two attached hydrogens (primary N) is 1. The summed E-state index contributed by atoms with van der Waals surface area (Å²) in [5.41, 5.74) is 7.64. The van der Waals surface area contributed by atoms with Gasteiger partial charge < -0.3 is 31.4 Å². The molecule has 1 heterocycles. The summed E-state index contributed by atoms with van der Waals surface area (Å²) in [5, 5.41) is 28.3. The molecule has 28 heavy (non-hydrogen) atoms. The van der Waals surface area contributed by atoms with Gasteiger partial charge in [-0.1, -0.05) is 18.2 Å². The third-order valence-corrected chi connectivity index (χ3v) is 3.71. The number of fused-ring (bicyclic) bond motifs is 1. The first-order valence-corrected chi connectivity index (χ1v) is 8.36. The van der Waals surface area contributed by atoms with Gasteiger partial charge in [0.1, 0.15) is 6.04 Å². The molecule has 2 atom stereocenters. The molecule has 10 heteroatoms. The minimum Gasteiger partial charge on any atom is -0.481 e. The number of benzene rings is 1. The highest BCUT2D eigenvalue weighted by Gasteiger charge is 2.24. The van der Waals surface area contributed by atoms with Gasteiger partial charge in [-0.15, -0.1) is 0 Å². The molecule has 0 aliphatic heterocycles. The Balaban J connectivity index is 0.000000892. The number of carboxylic acids is 3. The van der Waals surface area contributed by atoms with E-state index in [0.29, 0.717) is 0 Å². The van der Waals surface area contributed by atoms with Gasteiger partial charge in [0.15, 0.2) is 0 Å². The number of carbonyl (C=O) groups is 4. The topological polar surface area (TPSA) is 183 Å². The first-order valence-electron chi connectivity index (χ1n) is 8.36. The van der Waals surface area contributed by atoms with E-state index in [1.54, 1.807) is 6.20 Å². The van der Waals surface area contributed by atoms with Crippen LogP contribution in [-0.2, 0) is 25.6 Å². The number of hydrogen-bond acceptors (Lipinski definition) is 5. The second kappa shape index (κ2) is 10.7. The van der Waals surface area contributed by atoms with Gasteiger partial charge >= 0.3 is 11.9 Å². The van der Waals surface area contributed by atoms with E-state index in [9.17, 15) is 14.4 Å². The number of hydrogen-bond donors (Lipinski definition) is 6. The molecule has 10 nitrogen and oxygen atoms in total. The highest BCUT2D eigenvalue weighted by molar-refractivity contribution is 5.88. The quantitative estimate of drug-likeness (QED) is 0.376. The van der Waals surface area contributed by atoms with Gasteiger partial charge in [0.2, 0.25) is 5.91 Å². The molecule has 1 aromatic carbocycles. The molecule has 0 bridgehead atoms. The molecule has 0 radical (unpaired) electrons. The van der Waals surface area contributed by atoms with Crippen LogP contribution < -0.4 is 11.1 Å². The smallest absolute Gasteiger partial charge is 0.326 e. The monoisotopic (exact) mass is 393 g/mol. The van der Waals surface area contributed by atoms with Crippen molar-refractivity contribution in [1.29, 1.82) is 0 Å². The van der Waals surface area contributed by atoms with E-state index in [1.165, 1.54) is 0 Å². The lowest BCUT2D eigenvalue weighted by Crippen LogP contribution is -2.49. The van der Waals surface area contributed by atoms with Crippen molar-refractivity contribution in [2.75, 3.05) is 0 Å². The maximum absolute atomic E-state index is 12.1. The number of carboxylic acid groups (broad SMARTS) is 3. The van der Waals surface area contributed by atoms with Gasteiger partial charge in [0.05, 0.1) is 6.04 Å². The Morgan fingerprint density at radius 1 is 1.14 bits per heavy atom. The highest BCUT2D eigenvalue weighted by Crippen LogP contribution is 2.18. The van der Waals surface area contributed by atoms with Crippen LogP contribution in [0.1, 0.15) is 25.3 Å². The average molecular weight is 393 g/mol. The predicted octanol–water partition coefficient (Wildman–Crippen LogP) is 0.563. The van der Waals surface area contributed by atoms with E-state index >= 15 is 0 Å². The Morgan fingerprint density at radius 2 is 1.75 bits per heavy atom. The Bertz CT molecular complexity index is 843. The molecule has 0 aliphatic carbocycles. The lowest BCUT2D eigenvalue weighted by Gasteiger charge is -2.17.